The van der Waals surface area contributed by atoms with Crippen molar-refractivity contribution in [2.45, 2.75) is 18.0 Å². The second kappa shape index (κ2) is 7.34. The van der Waals surface area contributed by atoms with Crippen molar-refractivity contribution in [2.24, 2.45) is 0 Å². The van der Waals surface area contributed by atoms with Crippen molar-refractivity contribution in [3.63, 3.8) is 0 Å². The molecule has 0 spiro atoms. The largest absolute Gasteiger partial charge is 0.748 e. The predicted molar refractivity (Wildman–Crippen MR) is 72.6 cm³/mol. The van der Waals surface area contributed by atoms with Crippen molar-refractivity contribution in [1.82, 2.24) is 0 Å². The summed E-state index contributed by atoms with van der Waals surface area (Å²) in [5.74, 6) is -7.45. The first-order valence-electron chi connectivity index (χ1n) is 6.45. The molecule has 0 saturated carbocycles. The summed E-state index contributed by atoms with van der Waals surface area (Å²) in [7, 11) is -6.14. The van der Waals surface area contributed by atoms with Crippen molar-refractivity contribution < 1.29 is 58.3 Å². The third-order valence-electron chi connectivity index (χ3n) is 2.95. The molecule has 0 aromatic heterocycles. The third-order valence-corrected chi connectivity index (χ3v) is 3.71. The number of carbonyl (C=O) groups excluding carboxylic acids is 1. The lowest BCUT2D eigenvalue weighted by Crippen LogP contribution is -2.63. The summed E-state index contributed by atoms with van der Waals surface area (Å²) in [6.07, 6.45) is -12.4. The zero-order chi connectivity index (χ0) is 21.3. The van der Waals surface area contributed by atoms with Gasteiger partial charge in [0.05, 0.1) is 15.9 Å². The van der Waals surface area contributed by atoms with E-state index in [9.17, 15) is 48.5 Å². The van der Waals surface area contributed by atoms with E-state index in [1.807, 2.05) is 0 Å². The summed E-state index contributed by atoms with van der Waals surface area (Å²) in [5, 5.41) is 8.93. The van der Waals surface area contributed by atoms with E-state index in [-0.39, 0.29) is 11.6 Å². The van der Waals surface area contributed by atoms with Gasteiger partial charge in [-0.2, -0.15) is 26.3 Å². The quantitative estimate of drug-likeness (QED) is 0.337. The lowest BCUT2D eigenvalue weighted by Gasteiger charge is -2.36. The summed E-state index contributed by atoms with van der Waals surface area (Å²) in [6.45, 7) is 0. The van der Waals surface area contributed by atoms with Crippen LogP contribution in [-0.4, -0.2) is 47.8 Å². The average Bonchev–Trinajstić information content (AvgIpc) is 2.44. The van der Waals surface area contributed by atoms with Gasteiger partial charge >= 0.3 is 23.9 Å². The molecule has 1 N–H and O–H groups in total. The van der Waals surface area contributed by atoms with Crippen LogP contribution in [0.3, 0.4) is 0 Å². The van der Waals surface area contributed by atoms with E-state index < -0.39 is 51.4 Å². The Hall–Kier alpha value is -2.35. The Bertz CT molecular complexity index is 828. The van der Waals surface area contributed by atoms with Gasteiger partial charge in [0.15, 0.2) is 11.6 Å². The molecule has 0 heterocycles. The van der Waals surface area contributed by atoms with Crippen LogP contribution >= 0.6 is 0 Å². The molecule has 152 valence electrons. The van der Waals surface area contributed by atoms with Crippen molar-refractivity contribution in [2.75, 3.05) is 5.75 Å². The van der Waals surface area contributed by atoms with Gasteiger partial charge in [-0.05, 0) is 23.8 Å². The van der Waals surface area contributed by atoms with Crippen molar-refractivity contribution in [1.29, 1.82) is 0 Å². The number of carbonyl (C=O) groups is 1. The van der Waals surface area contributed by atoms with E-state index in [1.54, 1.807) is 0 Å². The minimum absolute atomic E-state index is 0.0233. The van der Waals surface area contributed by atoms with E-state index in [2.05, 4.69) is 4.74 Å². The van der Waals surface area contributed by atoms with E-state index in [4.69, 9.17) is 5.11 Å². The number of ether oxygens (including phenoxy) is 1. The summed E-state index contributed by atoms with van der Waals surface area (Å²) in [4.78, 5) is 11.4. The van der Waals surface area contributed by atoms with E-state index in [0.29, 0.717) is 12.1 Å². The van der Waals surface area contributed by atoms with Gasteiger partial charge in [0.25, 0.3) is 0 Å². The minimum Gasteiger partial charge on any atom is -0.748 e. The number of hydrogen-bond donors (Lipinski definition) is 1. The predicted octanol–water partition coefficient (Wildman–Crippen LogP) is 2.50. The molecule has 1 aromatic rings. The van der Waals surface area contributed by atoms with Crippen LogP contribution in [0, 0.1) is 5.82 Å². The molecule has 0 bridgehead atoms. The second-order valence-corrected chi connectivity index (χ2v) is 6.39. The van der Waals surface area contributed by atoms with Gasteiger partial charge < -0.3 is 14.4 Å². The zero-order valence-electron chi connectivity index (χ0n) is 12.6. The highest BCUT2D eigenvalue weighted by atomic mass is 32.2. The highest BCUT2D eigenvalue weighted by molar-refractivity contribution is 7.85. The summed E-state index contributed by atoms with van der Waals surface area (Å²) in [6, 6.07) is 2.31. The van der Waals surface area contributed by atoms with Crippen LogP contribution in [0.1, 0.15) is 5.56 Å². The fraction of sp³-hybridized carbons (Fsp3) is 0.308. The standard InChI is InChI=1S/C13H9F7O6S/c14-8-5-7(1-3-9(8)21)2-4-10(22)26-11(12(15,16)17,13(18,19)20)6-27(23,24)25/h1-5,21H,6H2,(H,23,24,25)/p-1/b4-2+. The van der Waals surface area contributed by atoms with Crippen LogP contribution in [0.2, 0.25) is 0 Å². The Morgan fingerprint density at radius 3 is 2.07 bits per heavy atom. The average molecular weight is 425 g/mol. The van der Waals surface area contributed by atoms with Gasteiger partial charge in [-0.15, -0.1) is 0 Å². The van der Waals surface area contributed by atoms with E-state index in [1.165, 1.54) is 0 Å². The second-order valence-electron chi connectivity index (χ2n) is 4.99. The Balaban J connectivity index is 3.26. The first-order valence-corrected chi connectivity index (χ1v) is 8.03. The first kappa shape index (κ1) is 22.7. The summed E-state index contributed by atoms with van der Waals surface area (Å²) >= 11 is 0. The maximum absolute atomic E-state index is 13.1. The van der Waals surface area contributed by atoms with Crippen LogP contribution < -0.4 is 0 Å². The van der Waals surface area contributed by atoms with Gasteiger partial charge in [0.2, 0.25) is 0 Å². The molecule has 14 heteroatoms. The number of rotatable bonds is 5. The first-order chi connectivity index (χ1) is 12.0. The number of esters is 1. The Morgan fingerprint density at radius 1 is 1.15 bits per heavy atom. The zero-order valence-corrected chi connectivity index (χ0v) is 13.5. The molecule has 0 fully saturated rings. The van der Waals surface area contributed by atoms with Crippen molar-refractivity contribution >= 4 is 22.2 Å². The number of aromatic hydroxyl groups is 1. The van der Waals surface area contributed by atoms with E-state index >= 15 is 0 Å². The molecule has 0 radical (unpaired) electrons. The van der Waals surface area contributed by atoms with Crippen LogP contribution in [0.5, 0.6) is 5.75 Å². The van der Waals surface area contributed by atoms with Crippen LogP contribution in [-0.2, 0) is 19.6 Å². The number of halogens is 7. The molecule has 0 unspecified atom stereocenters. The van der Waals surface area contributed by atoms with Gasteiger partial charge in [-0.25, -0.2) is 17.6 Å². The highest BCUT2D eigenvalue weighted by Crippen LogP contribution is 2.46. The number of hydrogen-bond acceptors (Lipinski definition) is 6. The van der Waals surface area contributed by atoms with Gasteiger partial charge in [0, 0.05) is 6.08 Å². The van der Waals surface area contributed by atoms with Crippen molar-refractivity contribution in [3.05, 3.63) is 35.7 Å². The van der Waals surface area contributed by atoms with Gasteiger partial charge in [-0.3, -0.25) is 0 Å². The van der Waals surface area contributed by atoms with Crippen LogP contribution in [0.4, 0.5) is 30.7 Å². The molecule has 0 saturated heterocycles. The molecule has 1 rings (SSSR count). The maximum Gasteiger partial charge on any atom is 0.438 e. The highest BCUT2D eigenvalue weighted by Gasteiger charge is 2.75. The number of alkyl halides is 6. The third kappa shape index (κ3) is 5.56. The van der Waals surface area contributed by atoms with E-state index in [0.717, 1.165) is 12.1 Å². The number of phenolic OH excluding ortho intramolecular Hbond substituents is 1. The molecular formula is C13H8F7O6S-. The minimum atomic E-state index is -6.49. The molecule has 0 aliphatic heterocycles. The Kier molecular flexibility index (Phi) is 6.17. The Morgan fingerprint density at radius 2 is 1.67 bits per heavy atom. The monoisotopic (exact) mass is 425 g/mol. The lowest BCUT2D eigenvalue weighted by atomic mass is 10.1. The molecule has 1 aromatic carbocycles. The Labute approximate surface area is 146 Å². The molecule has 0 aliphatic carbocycles. The summed E-state index contributed by atoms with van der Waals surface area (Å²) in [5.41, 5.74) is -5.86. The molecule has 27 heavy (non-hydrogen) atoms. The van der Waals surface area contributed by atoms with Crippen LogP contribution in [0.25, 0.3) is 6.08 Å². The fourth-order valence-electron chi connectivity index (χ4n) is 1.72. The molecule has 0 aliphatic rings. The molecule has 6 nitrogen and oxygen atoms in total. The maximum atomic E-state index is 13.1. The molecular weight excluding hydrogens is 417 g/mol. The fourth-order valence-corrected chi connectivity index (χ4v) is 2.60. The number of phenols is 1. The van der Waals surface area contributed by atoms with Gasteiger partial charge in [-0.1, -0.05) is 6.07 Å². The van der Waals surface area contributed by atoms with Gasteiger partial charge in [0.1, 0.15) is 0 Å². The topological polar surface area (TPSA) is 104 Å². The molecule has 0 atom stereocenters. The van der Waals surface area contributed by atoms with Crippen molar-refractivity contribution in [3.8, 4) is 5.75 Å². The normalized spacial score (nSPS) is 13.8. The smallest absolute Gasteiger partial charge is 0.438 e. The SMILES string of the molecule is O=C(/C=C/c1ccc(O)c(F)c1)OC(CS(=O)(=O)[O-])(C(F)(F)F)C(F)(F)F. The van der Waals surface area contributed by atoms with Crippen LogP contribution in [0.15, 0.2) is 24.3 Å². The lowest BCUT2D eigenvalue weighted by molar-refractivity contribution is -0.360. The molecule has 0 amide bonds. The summed E-state index contributed by atoms with van der Waals surface area (Å²) < 4.78 is 126. The number of benzene rings is 1.